The number of fused-ring (bicyclic) bond motifs is 3. The Kier molecular flexibility index (Phi) is 5.20. The number of rotatable bonds is 7. The minimum absolute atomic E-state index is 0.0483. The second kappa shape index (κ2) is 7.56. The smallest absolute Gasteiger partial charge is 0.387 e. The first kappa shape index (κ1) is 18.6. The van der Waals surface area contributed by atoms with Crippen molar-refractivity contribution >= 4 is 27.9 Å². The van der Waals surface area contributed by atoms with Gasteiger partial charge in [-0.05, 0) is 17.7 Å². The third-order valence-corrected chi connectivity index (χ3v) is 4.19. The molecule has 1 heterocycles. The van der Waals surface area contributed by atoms with Gasteiger partial charge in [0, 0.05) is 15.7 Å². The SMILES string of the molecule is COC(=O)CC(C[N+](=O)[O-])c1ccc(OC(F)F)c2oc3ccccc3c12. The van der Waals surface area contributed by atoms with Crippen LogP contribution in [-0.2, 0) is 9.53 Å². The zero-order chi connectivity index (χ0) is 19.6. The third-order valence-electron chi connectivity index (χ3n) is 4.19. The molecule has 7 nitrogen and oxygen atoms in total. The molecule has 3 rings (SSSR count). The molecule has 1 aromatic heterocycles. The predicted molar refractivity (Wildman–Crippen MR) is 91.6 cm³/mol. The minimum atomic E-state index is -3.06. The summed E-state index contributed by atoms with van der Waals surface area (Å²) in [4.78, 5) is 22.3. The van der Waals surface area contributed by atoms with Crippen molar-refractivity contribution in [2.24, 2.45) is 0 Å². The Bertz CT molecular complexity index is 1000. The van der Waals surface area contributed by atoms with Crippen molar-refractivity contribution in [3.63, 3.8) is 0 Å². The highest BCUT2D eigenvalue weighted by molar-refractivity contribution is 6.09. The highest BCUT2D eigenvalue weighted by Gasteiger charge is 2.27. The highest BCUT2D eigenvalue weighted by Crippen LogP contribution is 2.41. The Morgan fingerprint density at radius 3 is 2.67 bits per heavy atom. The maximum Gasteiger partial charge on any atom is 0.387 e. The minimum Gasteiger partial charge on any atom is -0.469 e. The lowest BCUT2D eigenvalue weighted by molar-refractivity contribution is -0.483. The van der Waals surface area contributed by atoms with Gasteiger partial charge in [-0.15, -0.1) is 0 Å². The van der Waals surface area contributed by atoms with Gasteiger partial charge in [-0.25, -0.2) is 0 Å². The van der Waals surface area contributed by atoms with E-state index in [1.807, 2.05) is 0 Å². The molecule has 0 aliphatic rings. The number of hydrogen-bond acceptors (Lipinski definition) is 6. The number of halogens is 2. The van der Waals surface area contributed by atoms with Crippen LogP contribution in [0.1, 0.15) is 17.9 Å². The number of nitro groups is 1. The maximum absolute atomic E-state index is 12.7. The van der Waals surface area contributed by atoms with Gasteiger partial charge in [0.25, 0.3) is 0 Å². The molecule has 142 valence electrons. The highest BCUT2D eigenvalue weighted by atomic mass is 19.3. The van der Waals surface area contributed by atoms with E-state index in [2.05, 4.69) is 9.47 Å². The van der Waals surface area contributed by atoms with Crippen LogP contribution in [-0.4, -0.2) is 31.2 Å². The number of para-hydroxylation sites is 1. The molecule has 0 N–H and O–H groups in total. The van der Waals surface area contributed by atoms with Crippen LogP contribution in [0, 0.1) is 10.1 Å². The van der Waals surface area contributed by atoms with E-state index in [-0.39, 0.29) is 17.8 Å². The van der Waals surface area contributed by atoms with E-state index in [1.54, 1.807) is 24.3 Å². The summed E-state index contributed by atoms with van der Waals surface area (Å²) in [5.41, 5.74) is 0.892. The maximum atomic E-state index is 12.7. The van der Waals surface area contributed by atoms with Gasteiger partial charge in [0.2, 0.25) is 6.54 Å². The number of alkyl halides is 2. The van der Waals surface area contributed by atoms with Crippen molar-refractivity contribution in [3.8, 4) is 5.75 Å². The molecule has 9 heteroatoms. The van der Waals surface area contributed by atoms with Crippen molar-refractivity contribution in [2.45, 2.75) is 19.0 Å². The van der Waals surface area contributed by atoms with Crippen molar-refractivity contribution in [1.29, 1.82) is 0 Å². The van der Waals surface area contributed by atoms with Gasteiger partial charge in [-0.1, -0.05) is 24.3 Å². The van der Waals surface area contributed by atoms with E-state index in [0.717, 1.165) is 0 Å². The van der Waals surface area contributed by atoms with Crippen LogP contribution in [0.15, 0.2) is 40.8 Å². The molecular formula is C18H15F2NO6. The number of benzene rings is 2. The fourth-order valence-corrected chi connectivity index (χ4v) is 3.10. The van der Waals surface area contributed by atoms with Crippen molar-refractivity contribution < 1.29 is 32.4 Å². The van der Waals surface area contributed by atoms with Crippen LogP contribution in [0.4, 0.5) is 8.78 Å². The number of ether oxygens (including phenoxy) is 2. The predicted octanol–water partition coefficient (Wildman–Crippen LogP) is 4.11. The van der Waals surface area contributed by atoms with Gasteiger partial charge in [-0.3, -0.25) is 14.9 Å². The average molecular weight is 379 g/mol. The average Bonchev–Trinajstić information content (AvgIpc) is 3.00. The van der Waals surface area contributed by atoms with Crippen molar-refractivity contribution in [1.82, 2.24) is 0 Å². The Morgan fingerprint density at radius 2 is 2.00 bits per heavy atom. The molecule has 0 aliphatic carbocycles. The second-order valence-corrected chi connectivity index (χ2v) is 5.83. The zero-order valence-electron chi connectivity index (χ0n) is 14.2. The molecule has 0 fully saturated rings. The van der Waals surface area contributed by atoms with E-state index < -0.39 is 30.0 Å². The van der Waals surface area contributed by atoms with Crippen LogP contribution in [0.25, 0.3) is 21.9 Å². The van der Waals surface area contributed by atoms with Crippen molar-refractivity contribution in [3.05, 3.63) is 52.1 Å². The Balaban J connectivity index is 2.24. The molecule has 27 heavy (non-hydrogen) atoms. The van der Waals surface area contributed by atoms with Crippen LogP contribution in [0.5, 0.6) is 5.75 Å². The van der Waals surface area contributed by atoms with Crippen LogP contribution in [0.2, 0.25) is 0 Å². The standard InChI is InChI=1S/C18H15F2NO6/c1-25-15(22)8-10(9-21(23)24)11-6-7-14(27-18(19)20)17-16(11)12-4-2-3-5-13(12)26-17/h2-7,10,18H,8-9H2,1H3. The summed E-state index contributed by atoms with van der Waals surface area (Å²) < 4.78 is 40.3. The zero-order valence-corrected chi connectivity index (χ0v) is 14.2. The van der Waals surface area contributed by atoms with Gasteiger partial charge in [0.05, 0.1) is 19.4 Å². The van der Waals surface area contributed by atoms with Crippen molar-refractivity contribution in [2.75, 3.05) is 13.7 Å². The molecule has 0 bridgehead atoms. The number of hydrogen-bond donors (Lipinski definition) is 0. The first-order chi connectivity index (χ1) is 12.9. The van der Waals surface area contributed by atoms with Crippen LogP contribution in [0.3, 0.4) is 0 Å². The van der Waals surface area contributed by atoms with Crippen LogP contribution < -0.4 is 4.74 Å². The Labute approximate surface area is 151 Å². The molecular weight excluding hydrogens is 364 g/mol. The molecule has 0 aliphatic heterocycles. The summed E-state index contributed by atoms with van der Waals surface area (Å²) in [6, 6.07) is 9.49. The molecule has 3 aromatic rings. The number of esters is 1. The van der Waals surface area contributed by atoms with E-state index in [9.17, 15) is 23.7 Å². The monoisotopic (exact) mass is 379 g/mol. The molecule has 2 aromatic carbocycles. The normalized spacial score (nSPS) is 12.4. The van der Waals surface area contributed by atoms with E-state index >= 15 is 0 Å². The van der Waals surface area contributed by atoms with E-state index in [1.165, 1.54) is 19.2 Å². The third kappa shape index (κ3) is 3.81. The number of carbonyl (C=O) groups is 1. The first-order valence-corrected chi connectivity index (χ1v) is 7.98. The lowest BCUT2D eigenvalue weighted by Crippen LogP contribution is -2.17. The Morgan fingerprint density at radius 1 is 1.26 bits per heavy atom. The topological polar surface area (TPSA) is 91.8 Å². The Hall–Kier alpha value is -3.23. The number of furan rings is 1. The molecule has 0 radical (unpaired) electrons. The quantitative estimate of drug-likeness (QED) is 0.348. The molecule has 0 spiro atoms. The fourth-order valence-electron chi connectivity index (χ4n) is 3.10. The summed E-state index contributed by atoms with van der Waals surface area (Å²) in [7, 11) is 1.19. The number of nitrogens with zero attached hydrogens (tertiary/aromatic N) is 1. The summed E-state index contributed by atoms with van der Waals surface area (Å²) >= 11 is 0. The van der Waals surface area contributed by atoms with Gasteiger partial charge in [-0.2, -0.15) is 8.78 Å². The second-order valence-electron chi connectivity index (χ2n) is 5.83. The summed E-state index contributed by atoms with van der Waals surface area (Å²) in [6.07, 6.45) is -0.235. The summed E-state index contributed by atoms with van der Waals surface area (Å²) in [6.45, 7) is -3.59. The first-order valence-electron chi connectivity index (χ1n) is 7.98. The summed E-state index contributed by atoms with van der Waals surface area (Å²) in [5.74, 6) is -1.62. The fraction of sp³-hybridized carbons (Fsp3) is 0.278. The van der Waals surface area contributed by atoms with Gasteiger partial charge in [0.1, 0.15) is 5.58 Å². The van der Waals surface area contributed by atoms with E-state index in [0.29, 0.717) is 21.9 Å². The molecule has 0 saturated heterocycles. The molecule has 1 unspecified atom stereocenters. The molecule has 0 saturated carbocycles. The lowest BCUT2D eigenvalue weighted by atomic mass is 9.91. The van der Waals surface area contributed by atoms with Gasteiger partial charge >= 0.3 is 12.6 Å². The van der Waals surface area contributed by atoms with Gasteiger partial charge in [0.15, 0.2) is 11.3 Å². The lowest BCUT2D eigenvalue weighted by Gasteiger charge is -2.15. The van der Waals surface area contributed by atoms with Gasteiger partial charge < -0.3 is 13.9 Å². The number of carbonyl (C=O) groups excluding carboxylic acids is 1. The van der Waals surface area contributed by atoms with E-state index in [4.69, 9.17) is 4.42 Å². The number of methoxy groups -OCH3 is 1. The molecule has 1 atom stereocenters. The van der Waals surface area contributed by atoms with Crippen LogP contribution >= 0.6 is 0 Å². The largest absolute Gasteiger partial charge is 0.469 e. The summed E-state index contributed by atoms with van der Waals surface area (Å²) in [5, 5.41) is 12.1. The molecule has 0 amide bonds.